The number of carbonyl (C=O) groups excluding carboxylic acids is 2. The zero-order chi connectivity index (χ0) is 12.1. The van der Waals surface area contributed by atoms with Gasteiger partial charge in [-0.15, -0.1) is 0 Å². The Balaban J connectivity index is 2.96. The standard InChI is InChI=1S/C11H11FO4/c1-2-16-11(15)10(14)7-3-4-9(12)8(5-7)6-13/h3-5,13H,2,6H2,1H3. The molecule has 1 aromatic carbocycles. The molecule has 0 aliphatic rings. The van der Waals surface area contributed by atoms with Gasteiger partial charge in [-0.25, -0.2) is 9.18 Å². The lowest BCUT2D eigenvalue weighted by Gasteiger charge is -2.03. The van der Waals surface area contributed by atoms with Gasteiger partial charge in [-0.05, 0) is 25.1 Å². The van der Waals surface area contributed by atoms with Gasteiger partial charge in [-0.1, -0.05) is 0 Å². The van der Waals surface area contributed by atoms with E-state index in [1.807, 2.05) is 0 Å². The molecule has 0 heterocycles. The number of benzene rings is 1. The number of ether oxygens (including phenoxy) is 1. The highest BCUT2D eigenvalue weighted by Gasteiger charge is 2.18. The highest BCUT2D eigenvalue weighted by molar-refractivity contribution is 6.40. The van der Waals surface area contributed by atoms with E-state index in [0.29, 0.717) is 0 Å². The van der Waals surface area contributed by atoms with Gasteiger partial charge in [-0.3, -0.25) is 4.79 Å². The molecular formula is C11H11FO4. The minimum atomic E-state index is -0.988. The van der Waals surface area contributed by atoms with Gasteiger partial charge in [0.1, 0.15) is 5.82 Å². The van der Waals surface area contributed by atoms with Crippen molar-refractivity contribution in [3.8, 4) is 0 Å². The summed E-state index contributed by atoms with van der Waals surface area (Å²) in [6.07, 6.45) is 0. The van der Waals surface area contributed by atoms with Crippen molar-refractivity contribution in [1.82, 2.24) is 0 Å². The first kappa shape index (κ1) is 12.3. The number of aliphatic hydroxyl groups is 1. The number of carbonyl (C=O) groups is 2. The predicted octanol–water partition coefficient (Wildman–Crippen LogP) is 1.06. The van der Waals surface area contributed by atoms with Crippen LogP contribution < -0.4 is 0 Å². The molecule has 86 valence electrons. The number of hydrogen-bond acceptors (Lipinski definition) is 4. The van der Waals surface area contributed by atoms with Gasteiger partial charge >= 0.3 is 5.97 Å². The lowest BCUT2D eigenvalue weighted by Crippen LogP contribution is -2.17. The molecule has 0 spiro atoms. The predicted molar refractivity (Wildman–Crippen MR) is 53.3 cm³/mol. The Morgan fingerprint density at radius 2 is 2.12 bits per heavy atom. The first-order chi connectivity index (χ1) is 7.60. The van der Waals surface area contributed by atoms with Crippen molar-refractivity contribution >= 4 is 11.8 Å². The second-order valence-corrected chi connectivity index (χ2v) is 3.01. The van der Waals surface area contributed by atoms with Crippen LogP contribution in [0.3, 0.4) is 0 Å². The summed E-state index contributed by atoms with van der Waals surface area (Å²) in [6.45, 7) is 1.14. The summed E-state index contributed by atoms with van der Waals surface area (Å²) in [6, 6.07) is 3.33. The second-order valence-electron chi connectivity index (χ2n) is 3.01. The maximum absolute atomic E-state index is 13.0. The molecular weight excluding hydrogens is 215 g/mol. The fourth-order valence-electron chi connectivity index (χ4n) is 1.15. The Morgan fingerprint density at radius 3 is 2.69 bits per heavy atom. The monoisotopic (exact) mass is 226 g/mol. The molecule has 0 aliphatic carbocycles. The fraction of sp³-hybridized carbons (Fsp3) is 0.273. The molecule has 1 rings (SSSR count). The molecule has 4 nitrogen and oxygen atoms in total. The molecule has 0 aliphatic heterocycles. The maximum atomic E-state index is 13.0. The van der Waals surface area contributed by atoms with Gasteiger partial charge in [0.05, 0.1) is 13.2 Å². The van der Waals surface area contributed by atoms with E-state index in [1.165, 1.54) is 6.07 Å². The van der Waals surface area contributed by atoms with E-state index >= 15 is 0 Å². The summed E-state index contributed by atoms with van der Waals surface area (Å²) in [5.74, 6) is -2.46. The number of Topliss-reactive ketones (excluding diaryl/α,β-unsaturated/α-hetero) is 1. The van der Waals surface area contributed by atoms with Gasteiger partial charge in [0.25, 0.3) is 5.78 Å². The number of rotatable bonds is 4. The van der Waals surface area contributed by atoms with Crippen LogP contribution in [0.1, 0.15) is 22.8 Å². The summed E-state index contributed by atoms with van der Waals surface area (Å²) in [5, 5.41) is 8.80. The van der Waals surface area contributed by atoms with Crippen molar-refractivity contribution in [3.05, 3.63) is 35.1 Å². The van der Waals surface area contributed by atoms with Crippen LogP contribution in [0.2, 0.25) is 0 Å². The number of esters is 1. The van der Waals surface area contributed by atoms with Crippen LogP contribution in [0.5, 0.6) is 0 Å². The van der Waals surface area contributed by atoms with Crippen molar-refractivity contribution in [1.29, 1.82) is 0 Å². The van der Waals surface area contributed by atoms with Crippen LogP contribution in [0, 0.1) is 5.82 Å². The van der Waals surface area contributed by atoms with Gasteiger partial charge in [0, 0.05) is 11.1 Å². The Bertz CT molecular complexity index is 414. The quantitative estimate of drug-likeness (QED) is 0.473. The van der Waals surface area contributed by atoms with E-state index in [2.05, 4.69) is 4.74 Å². The van der Waals surface area contributed by atoms with Crippen LogP contribution in [0.15, 0.2) is 18.2 Å². The molecule has 1 aromatic rings. The van der Waals surface area contributed by atoms with Crippen LogP contribution in [-0.2, 0) is 16.1 Å². The van der Waals surface area contributed by atoms with E-state index < -0.39 is 24.2 Å². The molecule has 0 aromatic heterocycles. The van der Waals surface area contributed by atoms with Crippen LogP contribution in [0.4, 0.5) is 4.39 Å². The summed E-state index contributed by atoms with van der Waals surface area (Å²) in [4.78, 5) is 22.5. The average Bonchev–Trinajstić information content (AvgIpc) is 2.29. The highest BCUT2D eigenvalue weighted by Crippen LogP contribution is 2.11. The largest absolute Gasteiger partial charge is 0.460 e. The molecule has 0 saturated heterocycles. The third-order valence-electron chi connectivity index (χ3n) is 1.94. The zero-order valence-electron chi connectivity index (χ0n) is 8.70. The molecule has 0 bridgehead atoms. The van der Waals surface area contributed by atoms with E-state index in [-0.39, 0.29) is 17.7 Å². The first-order valence-electron chi connectivity index (χ1n) is 4.70. The molecule has 0 radical (unpaired) electrons. The lowest BCUT2D eigenvalue weighted by atomic mass is 10.1. The van der Waals surface area contributed by atoms with E-state index in [9.17, 15) is 14.0 Å². The van der Waals surface area contributed by atoms with Crippen LogP contribution in [0.25, 0.3) is 0 Å². The highest BCUT2D eigenvalue weighted by atomic mass is 19.1. The molecule has 0 atom stereocenters. The van der Waals surface area contributed by atoms with Crippen molar-refractivity contribution in [2.45, 2.75) is 13.5 Å². The summed E-state index contributed by atoms with van der Waals surface area (Å²) in [7, 11) is 0. The molecule has 0 fully saturated rings. The van der Waals surface area contributed by atoms with E-state index in [4.69, 9.17) is 5.11 Å². The lowest BCUT2D eigenvalue weighted by molar-refractivity contribution is -0.137. The van der Waals surface area contributed by atoms with Crippen molar-refractivity contribution in [2.75, 3.05) is 6.61 Å². The van der Waals surface area contributed by atoms with Crippen LogP contribution in [-0.4, -0.2) is 23.5 Å². The first-order valence-corrected chi connectivity index (χ1v) is 4.70. The Kier molecular flexibility index (Phi) is 4.13. The van der Waals surface area contributed by atoms with Crippen molar-refractivity contribution in [2.24, 2.45) is 0 Å². The number of hydrogen-bond donors (Lipinski definition) is 1. The Hall–Kier alpha value is -1.75. The molecule has 5 heteroatoms. The summed E-state index contributed by atoms with van der Waals surface area (Å²) < 4.78 is 17.5. The molecule has 1 N–H and O–H groups in total. The number of halogens is 1. The Morgan fingerprint density at radius 1 is 1.44 bits per heavy atom. The van der Waals surface area contributed by atoms with Crippen LogP contribution >= 0.6 is 0 Å². The van der Waals surface area contributed by atoms with E-state index in [1.54, 1.807) is 6.92 Å². The van der Waals surface area contributed by atoms with Crippen molar-refractivity contribution < 1.29 is 23.8 Å². The van der Waals surface area contributed by atoms with Gasteiger partial charge < -0.3 is 9.84 Å². The fourth-order valence-corrected chi connectivity index (χ4v) is 1.15. The van der Waals surface area contributed by atoms with Gasteiger partial charge in [0.15, 0.2) is 0 Å². The van der Waals surface area contributed by atoms with E-state index in [0.717, 1.165) is 12.1 Å². The minimum absolute atomic E-state index is 0.00361. The normalized spacial score (nSPS) is 9.94. The minimum Gasteiger partial charge on any atom is -0.460 e. The molecule has 0 unspecified atom stereocenters. The molecule has 0 amide bonds. The summed E-state index contributed by atoms with van der Waals surface area (Å²) >= 11 is 0. The molecule has 16 heavy (non-hydrogen) atoms. The maximum Gasteiger partial charge on any atom is 0.379 e. The summed E-state index contributed by atoms with van der Waals surface area (Å²) in [5.41, 5.74) is -0.0287. The second kappa shape index (κ2) is 5.37. The average molecular weight is 226 g/mol. The zero-order valence-corrected chi connectivity index (χ0v) is 8.70. The number of ketones is 1. The smallest absolute Gasteiger partial charge is 0.379 e. The van der Waals surface area contributed by atoms with Gasteiger partial charge in [0.2, 0.25) is 0 Å². The third kappa shape index (κ3) is 2.64. The van der Waals surface area contributed by atoms with Crippen molar-refractivity contribution in [3.63, 3.8) is 0 Å². The van der Waals surface area contributed by atoms with Gasteiger partial charge in [-0.2, -0.15) is 0 Å². The molecule has 0 saturated carbocycles. The topological polar surface area (TPSA) is 63.6 Å². The SMILES string of the molecule is CCOC(=O)C(=O)c1ccc(F)c(CO)c1. The number of aliphatic hydroxyl groups excluding tert-OH is 1. The Labute approximate surface area is 91.7 Å². The third-order valence-corrected chi connectivity index (χ3v) is 1.94.